The Bertz CT molecular complexity index is 315. The third kappa shape index (κ3) is 5.35. The first-order valence-corrected chi connectivity index (χ1v) is 6.87. The average Bonchev–Trinajstić information content (AvgIpc) is 2.63. The zero-order valence-electron chi connectivity index (χ0n) is 11.8. The van der Waals surface area contributed by atoms with Gasteiger partial charge in [0, 0.05) is 12.2 Å². The molecule has 0 fully saturated rings. The summed E-state index contributed by atoms with van der Waals surface area (Å²) < 4.78 is 2.12. The smallest absolute Gasteiger partial charge is 0.0596 e. The highest BCUT2D eigenvalue weighted by atomic mass is 15.3. The molecule has 1 N–H and O–H groups in total. The molecule has 0 unspecified atom stereocenters. The van der Waals surface area contributed by atoms with Crippen LogP contribution in [0.2, 0.25) is 0 Å². The summed E-state index contributed by atoms with van der Waals surface area (Å²) in [5.74, 6) is 0.749. The van der Waals surface area contributed by atoms with Crippen LogP contribution in [0.5, 0.6) is 0 Å². The highest BCUT2D eigenvalue weighted by Crippen LogP contribution is 2.07. The zero-order chi connectivity index (χ0) is 12.7. The Hall–Kier alpha value is -0.830. The fraction of sp³-hybridized carbons (Fsp3) is 0.786. The van der Waals surface area contributed by atoms with Crippen molar-refractivity contribution in [1.82, 2.24) is 15.1 Å². The van der Waals surface area contributed by atoms with Gasteiger partial charge in [-0.25, -0.2) is 0 Å². The van der Waals surface area contributed by atoms with E-state index in [0.29, 0.717) is 0 Å². The highest BCUT2D eigenvalue weighted by molar-refractivity contribution is 5.08. The second-order valence-electron chi connectivity index (χ2n) is 5.15. The van der Waals surface area contributed by atoms with Gasteiger partial charge in [0.05, 0.1) is 5.69 Å². The Labute approximate surface area is 106 Å². The number of aromatic nitrogens is 2. The van der Waals surface area contributed by atoms with E-state index in [2.05, 4.69) is 48.9 Å². The maximum Gasteiger partial charge on any atom is 0.0596 e. The van der Waals surface area contributed by atoms with E-state index in [4.69, 9.17) is 0 Å². The predicted octanol–water partition coefficient (Wildman–Crippen LogP) is 2.78. The normalized spacial score (nSPS) is 11.4. The van der Waals surface area contributed by atoms with Crippen molar-refractivity contribution in [3.63, 3.8) is 0 Å². The fourth-order valence-corrected chi connectivity index (χ4v) is 2.02. The molecule has 17 heavy (non-hydrogen) atoms. The lowest BCUT2D eigenvalue weighted by Gasteiger charge is -2.07. The van der Waals surface area contributed by atoms with E-state index in [1.807, 2.05) is 0 Å². The molecule has 1 rings (SSSR count). The van der Waals surface area contributed by atoms with Gasteiger partial charge in [0.2, 0.25) is 0 Å². The maximum absolute atomic E-state index is 4.47. The van der Waals surface area contributed by atoms with Gasteiger partial charge in [-0.3, -0.25) is 4.68 Å². The third-order valence-electron chi connectivity index (χ3n) is 2.87. The summed E-state index contributed by atoms with van der Waals surface area (Å²) in [6.07, 6.45) is 3.65. The lowest BCUT2D eigenvalue weighted by Crippen LogP contribution is -2.20. The number of aryl methyl sites for hydroxylation is 3. The van der Waals surface area contributed by atoms with E-state index in [9.17, 15) is 0 Å². The van der Waals surface area contributed by atoms with Gasteiger partial charge in [-0.2, -0.15) is 5.10 Å². The minimum atomic E-state index is 0.749. The maximum atomic E-state index is 4.47. The molecule has 0 aliphatic heterocycles. The Morgan fingerprint density at radius 3 is 2.76 bits per heavy atom. The van der Waals surface area contributed by atoms with Crippen molar-refractivity contribution in [2.24, 2.45) is 5.92 Å². The van der Waals surface area contributed by atoms with E-state index < -0.39 is 0 Å². The molecule has 3 heteroatoms. The molecule has 0 saturated heterocycles. The Kier molecular flexibility index (Phi) is 6.27. The Morgan fingerprint density at radius 1 is 1.35 bits per heavy atom. The van der Waals surface area contributed by atoms with Crippen molar-refractivity contribution in [2.75, 3.05) is 13.1 Å². The van der Waals surface area contributed by atoms with Gasteiger partial charge in [-0.05, 0) is 58.2 Å². The molecule has 0 saturated carbocycles. The van der Waals surface area contributed by atoms with E-state index in [-0.39, 0.29) is 0 Å². The van der Waals surface area contributed by atoms with Crippen LogP contribution in [0.4, 0.5) is 0 Å². The third-order valence-corrected chi connectivity index (χ3v) is 2.87. The van der Waals surface area contributed by atoms with Crippen LogP contribution in [-0.4, -0.2) is 22.9 Å². The summed E-state index contributed by atoms with van der Waals surface area (Å²) >= 11 is 0. The van der Waals surface area contributed by atoms with Gasteiger partial charge in [0.15, 0.2) is 0 Å². The quantitative estimate of drug-likeness (QED) is 0.705. The largest absolute Gasteiger partial charge is 0.316 e. The van der Waals surface area contributed by atoms with Crippen molar-refractivity contribution in [1.29, 1.82) is 0 Å². The predicted molar refractivity (Wildman–Crippen MR) is 73.3 cm³/mol. The molecule has 0 atom stereocenters. The van der Waals surface area contributed by atoms with Crippen LogP contribution in [0.15, 0.2) is 6.07 Å². The molecule has 98 valence electrons. The molecule has 0 amide bonds. The van der Waals surface area contributed by atoms with Crippen molar-refractivity contribution in [3.8, 4) is 0 Å². The molecular formula is C14H27N3. The van der Waals surface area contributed by atoms with Gasteiger partial charge in [0.1, 0.15) is 0 Å². The summed E-state index contributed by atoms with van der Waals surface area (Å²) in [4.78, 5) is 0. The summed E-state index contributed by atoms with van der Waals surface area (Å²) in [6, 6.07) is 2.21. The standard InChI is InChI=1S/C14H27N3/c1-5-17-14(10-13(4)16-17)8-6-7-9-15-11-12(2)3/h10,12,15H,5-9,11H2,1-4H3. The second kappa shape index (κ2) is 7.49. The molecule has 0 bridgehead atoms. The average molecular weight is 237 g/mol. The van der Waals surface area contributed by atoms with E-state index in [1.165, 1.54) is 18.5 Å². The fourth-order valence-electron chi connectivity index (χ4n) is 2.02. The number of hydrogen-bond donors (Lipinski definition) is 1. The van der Waals surface area contributed by atoms with Crippen LogP contribution < -0.4 is 5.32 Å². The Balaban J connectivity index is 2.17. The van der Waals surface area contributed by atoms with Gasteiger partial charge >= 0.3 is 0 Å². The minimum Gasteiger partial charge on any atom is -0.316 e. The summed E-state index contributed by atoms with van der Waals surface area (Å²) in [5.41, 5.74) is 2.52. The molecule has 1 aromatic rings. The minimum absolute atomic E-state index is 0.749. The molecule has 1 heterocycles. The molecular weight excluding hydrogens is 210 g/mol. The summed E-state index contributed by atoms with van der Waals surface area (Å²) in [5, 5.41) is 7.95. The molecule has 1 aromatic heterocycles. The second-order valence-corrected chi connectivity index (χ2v) is 5.15. The first-order valence-electron chi connectivity index (χ1n) is 6.87. The molecule has 0 radical (unpaired) electrons. The van der Waals surface area contributed by atoms with E-state index >= 15 is 0 Å². The van der Waals surface area contributed by atoms with Gasteiger partial charge in [0.25, 0.3) is 0 Å². The van der Waals surface area contributed by atoms with E-state index in [0.717, 1.165) is 37.7 Å². The van der Waals surface area contributed by atoms with Crippen molar-refractivity contribution >= 4 is 0 Å². The first kappa shape index (κ1) is 14.2. The molecule has 0 aromatic carbocycles. The van der Waals surface area contributed by atoms with Gasteiger partial charge in [-0.15, -0.1) is 0 Å². The molecule has 3 nitrogen and oxygen atoms in total. The first-order chi connectivity index (χ1) is 8.13. The van der Waals surface area contributed by atoms with Crippen LogP contribution in [0, 0.1) is 12.8 Å². The molecule has 0 aliphatic rings. The van der Waals surface area contributed by atoms with Crippen LogP contribution in [-0.2, 0) is 13.0 Å². The van der Waals surface area contributed by atoms with Crippen LogP contribution in [0.1, 0.15) is 45.0 Å². The van der Waals surface area contributed by atoms with Crippen molar-refractivity contribution in [2.45, 2.75) is 53.5 Å². The van der Waals surface area contributed by atoms with Crippen LogP contribution in [0.25, 0.3) is 0 Å². The van der Waals surface area contributed by atoms with Gasteiger partial charge in [-0.1, -0.05) is 13.8 Å². The van der Waals surface area contributed by atoms with Crippen LogP contribution in [0.3, 0.4) is 0 Å². The number of rotatable bonds is 8. The lowest BCUT2D eigenvalue weighted by molar-refractivity contribution is 0.529. The summed E-state index contributed by atoms with van der Waals surface area (Å²) in [6.45, 7) is 12.0. The number of unbranched alkanes of at least 4 members (excludes halogenated alkanes) is 1. The zero-order valence-corrected chi connectivity index (χ0v) is 11.8. The number of nitrogens with zero attached hydrogens (tertiary/aromatic N) is 2. The molecule has 0 spiro atoms. The van der Waals surface area contributed by atoms with E-state index in [1.54, 1.807) is 0 Å². The van der Waals surface area contributed by atoms with Crippen LogP contribution >= 0.6 is 0 Å². The SMILES string of the molecule is CCn1nc(C)cc1CCCCNCC(C)C. The highest BCUT2D eigenvalue weighted by Gasteiger charge is 2.03. The van der Waals surface area contributed by atoms with Gasteiger partial charge < -0.3 is 5.32 Å². The number of hydrogen-bond acceptors (Lipinski definition) is 2. The summed E-state index contributed by atoms with van der Waals surface area (Å²) in [7, 11) is 0. The lowest BCUT2D eigenvalue weighted by atomic mass is 10.1. The number of nitrogens with one attached hydrogen (secondary N) is 1. The van der Waals surface area contributed by atoms with Crippen molar-refractivity contribution < 1.29 is 0 Å². The van der Waals surface area contributed by atoms with Crippen molar-refractivity contribution in [3.05, 3.63) is 17.5 Å². The molecule has 0 aliphatic carbocycles. The Morgan fingerprint density at radius 2 is 2.12 bits per heavy atom. The monoisotopic (exact) mass is 237 g/mol. The topological polar surface area (TPSA) is 29.9 Å².